The van der Waals surface area contributed by atoms with Crippen molar-refractivity contribution in [2.24, 2.45) is 5.92 Å². The van der Waals surface area contributed by atoms with E-state index in [9.17, 15) is 4.39 Å². The molecule has 2 aliphatic heterocycles. The Balaban J connectivity index is 1.57. The molecule has 4 heteroatoms. The lowest BCUT2D eigenvalue weighted by Gasteiger charge is -2.36. The first-order valence-electron chi connectivity index (χ1n) is 6.80. The monoisotopic (exact) mass is 249 g/mol. The van der Waals surface area contributed by atoms with Crippen molar-refractivity contribution in [1.29, 1.82) is 0 Å². The predicted octanol–water partition coefficient (Wildman–Crippen LogP) is 2.51. The minimum atomic E-state index is -0.256. The number of fused-ring (bicyclic) bond motifs is 2. The number of halogens is 1. The molecule has 1 N–H and O–H groups in total. The Kier molecular flexibility index (Phi) is 3.20. The fourth-order valence-electron chi connectivity index (χ4n) is 3.45. The van der Waals surface area contributed by atoms with Crippen molar-refractivity contribution >= 4 is 5.82 Å². The molecule has 1 aromatic heterocycles. The van der Waals surface area contributed by atoms with E-state index >= 15 is 0 Å². The second kappa shape index (κ2) is 4.84. The Morgan fingerprint density at radius 2 is 2.11 bits per heavy atom. The lowest BCUT2D eigenvalue weighted by atomic mass is 9.91. The molecule has 98 valence electrons. The second-order valence-corrected chi connectivity index (χ2v) is 5.60. The van der Waals surface area contributed by atoms with E-state index in [0.29, 0.717) is 11.7 Å². The molecular formula is C14H20FN3. The van der Waals surface area contributed by atoms with Crippen LogP contribution in [0.15, 0.2) is 18.3 Å². The van der Waals surface area contributed by atoms with E-state index in [1.54, 1.807) is 12.3 Å². The summed E-state index contributed by atoms with van der Waals surface area (Å²) in [7, 11) is 2.24. The van der Waals surface area contributed by atoms with Gasteiger partial charge in [-0.1, -0.05) is 0 Å². The molecule has 3 rings (SSSR count). The van der Waals surface area contributed by atoms with Crippen LogP contribution in [0.4, 0.5) is 10.2 Å². The predicted molar refractivity (Wildman–Crippen MR) is 70.0 cm³/mol. The van der Waals surface area contributed by atoms with Crippen LogP contribution >= 0.6 is 0 Å². The zero-order valence-electron chi connectivity index (χ0n) is 10.8. The maximum absolute atomic E-state index is 13.4. The summed E-state index contributed by atoms with van der Waals surface area (Å²) < 4.78 is 13.4. The van der Waals surface area contributed by atoms with Crippen molar-refractivity contribution in [1.82, 2.24) is 9.88 Å². The van der Waals surface area contributed by atoms with E-state index < -0.39 is 0 Å². The first-order chi connectivity index (χ1) is 8.74. The van der Waals surface area contributed by atoms with E-state index in [0.717, 1.165) is 18.6 Å². The SMILES string of the molecule is CN1C2CCC1CC(CNc1ncccc1F)C2. The van der Waals surface area contributed by atoms with Gasteiger partial charge in [0.15, 0.2) is 11.6 Å². The summed E-state index contributed by atoms with van der Waals surface area (Å²) in [4.78, 5) is 6.56. The summed E-state index contributed by atoms with van der Waals surface area (Å²) in [5.74, 6) is 0.789. The largest absolute Gasteiger partial charge is 0.367 e. The summed E-state index contributed by atoms with van der Waals surface area (Å²) in [6.45, 7) is 0.842. The van der Waals surface area contributed by atoms with Crippen LogP contribution in [0.1, 0.15) is 25.7 Å². The quantitative estimate of drug-likeness (QED) is 0.892. The maximum atomic E-state index is 13.4. The van der Waals surface area contributed by atoms with Crippen molar-refractivity contribution in [2.45, 2.75) is 37.8 Å². The van der Waals surface area contributed by atoms with Crippen molar-refractivity contribution < 1.29 is 4.39 Å². The molecule has 18 heavy (non-hydrogen) atoms. The van der Waals surface area contributed by atoms with Gasteiger partial charge in [0.05, 0.1) is 0 Å². The second-order valence-electron chi connectivity index (χ2n) is 5.60. The third-order valence-corrected chi connectivity index (χ3v) is 4.51. The third-order valence-electron chi connectivity index (χ3n) is 4.51. The Hall–Kier alpha value is -1.16. The van der Waals surface area contributed by atoms with Gasteiger partial charge >= 0.3 is 0 Å². The summed E-state index contributed by atoms with van der Waals surface area (Å²) >= 11 is 0. The topological polar surface area (TPSA) is 28.2 Å². The molecule has 0 amide bonds. The first-order valence-corrected chi connectivity index (χ1v) is 6.80. The maximum Gasteiger partial charge on any atom is 0.165 e. The molecule has 0 aliphatic carbocycles. The number of hydrogen-bond acceptors (Lipinski definition) is 3. The van der Waals surface area contributed by atoms with Crippen LogP contribution in [-0.2, 0) is 0 Å². The highest BCUT2D eigenvalue weighted by molar-refractivity contribution is 5.35. The van der Waals surface area contributed by atoms with Gasteiger partial charge in [0, 0.05) is 24.8 Å². The van der Waals surface area contributed by atoms with Crippen LogP contribution in [0.2, 0.25) is 0 Å². The molecule has 2 unspecified atom stereocenters. The molecule has 0 spiro atoms. The third kappa shape index (κ3) is 2.21. The van der Waals surface area contributed by atoms with E-state index in [4.69, 9.17) is 0 Å². The number of nitrogens with one attached hydrogen (secondary N) is 1. The van der Waals surface area contributed by atoms with Crippen LogP contribution in [-0.4, -0.2) is 35.6 Å². The van der Waals surface area contributed by atoms with E-state index in [-0.39, 0.29) is 5.82 Å². The number of rotatable bonds is 3. The highest BCUT2D eigenvalue weighted by Gasteiger charge is 2.38. The molecule has 2 atom stereocenters. The molecule has 0 radical (unpaired) electrons. The molecule has 3 nitrogen and oxygen atoms in total. The fraction of sp³-hybridized carbons (Fsp3) is 0.643. The van der Waals surface area contributed by atoms with E-state index in [1.807, 2.05) is 0 Å². The first kappa shape index (κ1) is 11.9. The zero-order chi connectivity index (χ0) is 12.5. The van der Waals surface area contributed by atoms with Gasteiger partial charge in [-0.25, -0.2) is 9.37 Å². The number of piperidine rings is 1. The van der Waals surface area contributed by atoms with E-state index in [1.165, 1.54) is 31.7 Å². The number of pyridine rings is 1. The number of nitrogens with zero attached hydrogens (tertiary/aromatic N) is 2. The minimum absolute atomic E-state index is 0.256. The van der Waals surface area contributed by atoms with Gasteiger partial charge < -0.3 is 10.2 Å². The lowest BCUT2D eigenvalue weighted by Crippen LogP contribution is -2.41. The van der Waals surface area contributed by atoms with Crippen molar-refractivity contribution in [2.75, 3.05) is 18.9 Å². The molecule has 2 saturated heterocycles. The van der Waals surface area contributed by atoms with Gasteiger partial charge in [-0.05, 0) is 50.8 Å². The average molecular weight is 249 g/mol. The lowest BCUT2D eigenvalue weighted by molar-refractivity contribution is 0.139. The summed E-state index contributed by atoms with van der Waals surface area (Å²) in [6, 6.07) is 4.55. The van der Waals surface area contributed by atoms with Crippen LogP contribution in [0, 0.1) is 11.7 Å². The Morgan fingerprint density at radius 3 is 2.78 bits per heavy atom. The molecule has 2 fully saturated rings. The smallest absolute Gasteiger partial charge is 0.165 e. The van der Waals surface area contributed by atoms with Gasteiger partial charge in [-0.2, -0.15) is 0 Å². The van der Waals surface area contributed by atoms with Gasteiger partial charge in [-0.3, -0.25) is 0 Å². The summed E-state index contributed by atoms with van der Waals surface area (Å²) in [6.07, 6.45) is 6.75. The number of aromatic nitrogens is 1. The Morgan fingerprint density at radius 1 is 1.39 bits per heavy atom. The van der Waals surface area contributed by atoms with Crippen LogP contribution in [0.25, 0.3) is 0 Å². The molecule has 3 heterocycles. The van der Waals surface area contributed by atoms with Crippen molar-refractivity contribution in [3.05, 3.63) is 24.1 Å². The van der Waals surface area contributed by atoms with Crippen LogP contribution in [0.3, 0.4) is 0 Å². The highest BCUT2D eigenvalue weighted by Crippen LogP contribution is 2.37. The molecule has 1 aromatic rings. The van der Waals surface area contributed by atoms with E-state index in [2.05, 4.69) is 22.2 Å². The zero-order valence-corrected chi connectivity index (χ0v) is 10.8. The normalized spacial score (nSPS) is 31.6. The summed E-state index contributed by atoms with van der Waals surface area (Å²) in [5.41, 5.74) is 0. The van der Waals surface area contributed by atoms with Crippen LogP contribution in [0.5, 0.6) is 0 Å². The standard InChI is InChI=1S/C14H20FN3/c1-18-11-4-5-12(18)8-10(7-11)9-17-14-13(15)3-2-6-16-14/h2-3,6,10-12H,4-5,7-9H2,1H3,(H,16,17). The fourth-order valence-corrected chi connectivity index (χ4v) is 3.45. The van der Waals surface area contributed by atoms with Gasteiger partial charge in [0.2, 0.25) is 0 Å². The number of hydrogen-bond donors (Lipinski definition) is 1. The molecule has 0 saturated carbocycles. The summed E-state index contributed by atoms with van der Waals surface area (Å²) in [5, 5.41) is 3.16. The molecular weight excluding hydrogens is 229 g/mol. The van der Waals surface area contributed by atoms with Crippen molar-refractivity contribution in [3.63, 3.8) is 0 Å². The molecule has 2 aliphatic rings. The molecule has 0 aromatic carbocycles. The Bertz CT molecular complexity index is 409. The molecule has 2 bridgehead atoms. The van der Waals surface area contributed by atoms with Gasteiger partial charge in [-0.15, -0.1) is 0 Å². The number of anilines is 1. The van der Waals surface area contributed by atoms with Gasteiger partial charge in [0.1, 0.15) is 0 Å². The highest BCUT2D eigenvalue weighted by atomic mass is 19.1. The minimum Gasteiger partial charge on any atom is -0.367 e. The average Bonchev–Trinajstić information content (AvgIpc) is 2.62. The van der Waals surface area contributed by atoms with Crippen molar-refractivity contribution in [3.8, 4) is 0 Å². The van der Waals surface area contributed by atoms with Gasteiger partial charge in [0.25, 0.3) is 0 Å². The van der Waals surface area contributed by atoms with Crippen LogP contribution < -0.4 is 5.32 Å². The Labute approximate surface area is 107 Å².